The van der Waals surface area contributed by atoms with E-state index in [-0.39, 0.29) is 12.5 Å². The Bertz CT molecular complexity index is 636. The molecule has 0 spiro atoms. The van der Waals surface area contributed by atoms with E-state index >= 15 is 0 Å². The van der Waals surface area contributed by atoms with Gasteiger partial charge >= 0.3 is 0 Å². The highest BCUT2D eigenvalue weighted by Crippen LogP contribution is 2.26. The van der Waals surface area contributed by atoms with Crippen LogP contribution in [0.3, 0.4) is 0 Å². The van der Waals surface area contributed by atoms with Crippen molar-refractivity contribution in [2.45, 2.75) is 19.9 Å². The third-order valence-corrected chi connectivity index (χ3v) is 3.77. The fraction of sp³-hybridized carbons (Fsp3) is 0.375. The van der Waals surface area contributed by atoms with Crippen LogP contribution in [0.25, 0.3) is 0 Å². The van der Waals surface area contributed by atoms with E-state index in [4.69, 9.17) is 4.74 Å². The molecule has 0 aliphatic carbocycles. The average molecular weight is 285 g/mol. The van der Waals surface area contributed by atoms with E-state index in [1.165, 1.54) is 5.56 Å². The Labute approximate surface area is 123 Å². The summed E-state index contributed by atoms with van der Waals surface area (Å²) in [6.45, 7) is 3.49. The van der Waals surface area contributed by atoms with Crippen LogP contribution in [0.5, 0.6) is 5.75 Å². The first-order valence-corrected chi connectivity index (χ1v) is 7.18. The van der Waals surface area contributed by atoms with E-state index in [0.717, 1.165) is 17.9 Å². The topological polar surface area (TPSA) is 56.2 Å². The summed E-state index contributed by atoms with van der Waals surface area (Å²) in [7, 11) is 0. The van der Waals surface area contributed by atoms with Gasteiger partial charge in [-0.05, 0) is 31.0 Å². The number of nitrogens with zero attached hydrogens (tertiary/aromatic N) is 2. The zero-order valence-electron chi connectivity index (χ0n) is 12.1. The molecule has 1 amide bonds. The number of rotatable bonds is 4. The minimum atomic E-state index is -0.0133. The predicted octanol–water partition coefficient (Wildman–Crippen LogP) is 1.56. The van der Waals surface area contributed by atoms with Crippen molar-refractivity contribution in [2.24, 2.45) is 5.92 Å². The van der Waals surface area contributed by atoms with Crippen molar-refractivity contribution >= 4 is 5.91 Å². The first-order chi connectivity index (χ1) is 10.2. The molecule has 0 saturated heterocycles. The number of amides is 1. The van der Waals surface area contributed by atoms with Crippen LogP contribution < -0.4 is 10.1 Å². The maximum absolute atomic E-state index is 11.9. The minimum absolute atomic E-state index is 0.0133. The van der Waals surface area contributed by atoms with Gasteiger partial charge in [-0.25, -0.2) is 0 Å². The lowest BCUT2D eigenvalue weighted by Crippen LogP contribution is -2.36. The monoisotopic (exact) mass is 285 g/mol. The van der Waals surface area contributed by atoms with E-state index in [9.17, 15) is 4.79 Å². The van der Waals surface area contributed by atoms with Gasteiger partial charge in [0.05, 0.1) is 6.61 Å². The predicted molar refractivity (Wildman–Crippen MR) is 79.1 cm³/mol. The highest BCUT2D eigenvalue weighted by molar-refractivity contribution is 5.75. The molecular weight excluding hydrogens is 266 g/mol. The number of benzene rings is 1. The molecule has 1 aromatic heterocycles. The molecule has 2 aromatic rings. The first-order valence-electron chi connectivity index (χ1n) is 7.18. The van der Waals surface area contributed by atoms with Gasteiger partial charge in [0.25, 0.3) is 0 Å². The summed E-state index contributed by atoms with van der Waals surface area (Å²) in [4.78, 5) is 11.9. The third kappa shape index (κ3) is 3.24. The van der Waals surface area contributed by atoms with Gasteiger partial charge in [-0.3, -0.25) is 9.48 Å². The van der Waals surface area contributed by atoms with Crippen molar-refractivity contribution in [2.75, 3.05) is 13.2 Å². The number of ether oxygens (including phenoxy) is 1. The average Bonchev–Trinajstić information content (AvgIpc) is 2.90. The van der Waals surface area contributed by atoms with E-state index in [0.29, 0.717) is 19.1 Å². The molecule has 0 saturated carbocycles. The van der Waals surface area contributed by atoms with E-state index in [1.807, 2.05) is 31.2 Å². The summed E-state index contributed by atoms with van der Waals surface area (Å²) >= 11 is 0. The quantitative estimate of drug-likeness (QED) is 0.927. The second-order valence-corrected chi connectivity index (χ2v) is 5.42. The van der Waals surface area contributed by atoms with Gasteiger partial charge in [-0.2, -0.15) is 5.10 Å². The Morgan fingerprint density at radius 1 is 1.43 bits per heavy atom. The molecule has 1 aliphatic heterocycles. The smallest absolute Gasteiger partial charge is 0.241 e. The van der Waals surface area contributed by atoms with Gasteiger partial charge in [-0.15, -0.1) is 0 Å². The summed E-state index contributed by atoms with van der Waals surface area (Å²) in [6, 6.07) is 9.96. The molecule has 21 heavy (non-hydrogen) atoms. The van der Waals surface area contributed by atoms with Gasteiger partial charge < -0.3 is 10.1 Å². The van der Waals surface area contributed by atoms with Gasteiger partial charge in [0.1, 0.15) is 12.3 Å². The highest BCUT2D eigenvalue weighted by atomic mass is 16.5. The number of aromatic nitrogens is 2. The molecule has 5 nitrogen and oxygen atoms in total. The summed E-state index contributed by atoms with van der Waals surface area (Å²) < 4.78 is 7.42. The Balaban J connectivity index is 1.50. The van der Waals surface area contributed by atoms with Crippen molar-refractivity contribution in [3.8, 4) is 5.75 Å². The number of carbonyl (C=O) groups is 1. The van der Waals surface area contributed by atoms with Crippen LogP contribution >= 0.6 is 0 Å². The van der Waals surface area contributed by atoms with Crippen molar-refractivity contribution in [1.29, 1.82) is 0 Å². The molecule has 5 heteroatoms. The van der Waals surface area contributed by atoms with Gasteiger partial charge in [-0.1, -0.05) is 18.2 Å². The Kier molecular flexibility index (Phi) is 3.90. The van der Waals surface area contributed by atoms with E-state index in [2.05, 4.69) is 16.5 Å². The van der Waals surface area contributed by atoms with Gasteiger partial charge in [0, 0.05) is 24.4 Å². The van der Waals surface area contributed by atoms with Crippen LogP contribution in [-0.2, 0) is 17.8 Å². The molecule has 1 aromatic carbocycles. The SMILES string of the molecule is Cc1ccnn1CC(=O)NC[C@@H]1COc2ccccc2C1. The van der Waals surface area contributed by atoms with Crippen molar-refractivity contribution < 1.29 is 9.53 Å². The Morgan fingerprint density at radius 2 is 2.29 bits per heavy atom. The maximum atomic E-state index is 11.9. The van der Waals surface area contributed by atoms with Crippen LogP contribution in [0.4, 0.5) is 0 Å². The second-order valence-electron chi connectivity index (χ2n) is 5.42. The van der Waals surface area contributed by atoms with Crippen LogP contribution in [0.15, 0.2) is 36.5 Å². The highest BCUT2D eigenvalue weighted by Gasteiger charge is 2.20. The zero-order valence-corrected chi connectivity index (χ0v) is 12.1. The summed E-state index contributed by atoms with van der Waals surface area (Å²) in [5.41, 5.74) is 2.20. The normalized spacial score (nSPS) is 16.9. The number of fused-ring (bicyclic) bond motifs is 1. The molecule has 2 heterocycles. The Morgan fingerprint density at radius 3 is 3.10 bits per heavy atom. The fourth-order valence-electron chi connectivity index (χ4n) is 2.54. The molecule has 3 rings (SSSR count). The molecule has 110 valence electrons. The number of hydrogen-bond acceptors (Lipinski definition) is 3. The van der Waals surface area contributed by atoms with Gasteiger partial charge in [0.2, 0.25) is 5.91 Å². The lowest BCUT2D eigenvalue weighted by molar-refractivity contribution is -0.122. The molecule has 0 unspecified atom stereocenters. The zero-order chi connectivity index (χ0) is 14.7. The molecule has 1 aliphatic rings. The van der Waals surface area contributed by atoms with Crippen molar-refractivity contribution in [3.63, 3.8) is 0 Å². The molecular formula is C16H19N3O2. The molecule has 0 fully saturated rings. The van der Waals surface area contributed by atoms with Crippen LogP contribution in [-0.4, -0.2) is 28.8 Å². The third-order valence-electron chi connectivity index (χ3n) is 3.77. The number of para-hydroxylation sites is 1. The first kappa shape index (κ1) is 13.7. The van der Waals surface area contributed by atoms with Crippen molar-refractivity contribution in [3.05, 3.63) is 47.8 Å². The van der Waals surface area contributed by atoms with E-state index < -0.39 is 0 Å². The van der Waals surface area contributed by atoms with Crippen LogP contribution in [0, 0.1) is 12.8 Å². The van der Waals surface area contributed by atoms with Gasteiger partial charge in [0.15, 0.2) is 0 Å². The van der Waals surface area contributed by atoms with Crippen LogP contribution in [0.2, 0.25) is 0 Å². The summed E-state index contributed by atoms with van der Waals surface area (Å²) in [6.07, 6.45) is 2.64. The molecule has 1 N–H and O–H groups in total. The lowest BCUT2D eigenvalue weighted by atomic mass is 9.97. The standard InChI is InChI=1S/C16H19N3O2/c1-12-6-7-18-19(12)10-16(20)17-9-13-8-14-4-2-3-5-15(14)21-11-13/h2-7,13H,8-11H2,1H3,(H,17,20)/t13-/m1/s1. The number of aryl methyl sites for hydroxylation is 1. The second kappa shape index (κ2) is 5.99. The van der Waals surface area contributed by atoms with Crippen molar-refractivity contribution in [1.82, 2.24) is 15.1 Å². The molecule has 1 atom stereocenters. The largest absolute Gasteiger partial charge is 0.493 e. The number of hydrogen-bond donors (Lipinski definition) is 1. The number of nitrogens with one attached hydrogen (secondary N) is 1. The summed E-state index contributed by atoms with van der Waals surface area (Å²) in [5.74, 6) is 1.27. The Hall–Kier alpha value is -2.30. The summed E-state index contributed by atoms with van der Waals surface area (Å²) in [5, 5.41) is 7.08. The number of carbonyl (C=O) groups excluding carboxylic acids is 1. The minimum Gasteiger partial charge on any atom is -0.493 e. The maximum Gasteiger partial charge on any atom is 0.241 e. The molecule has 0 bridgehead atoms. The lowest BCUT2D eigenvalue weighted by Gasteiger charge is -2.25. The fourth-order valence-corrected chi connectivity index (χ4v) is 2.54. The molecule has 0 radical (unpaired) electrons. The van der Waals surface area contributed by atoms with Crippen LogP contribution in [0.1, 0.15) is 11.3 Å². The van der Waals surface area contributed by atoms with E-state index in [1.54, 1.807) is 10.9 Å².